The first kappa shape index (κ1) is 15.9. The van der Waals surface area contributed by atoms with Gasteiger partial charge in [0, 0.05) is 31.4 Å². The SMILES string of the molecule is CCOCCCNC(=O)c1ccc(OC)c([N+](=O)[O-])c1. The quantitative estimate of drug-likeness (QED) is 0.445. The summed E-state index contributed by atoms with van der Waals surface area (Å²) in [5.74, 6) is -0.227. The van der Waals surface area contributed by atoms with Gasteiger partial charge in [0.05, 0.1) is 12.0 Å². The summed E-state index contributed by atoms with van der Waals surface area (Å²) in [5, 5.41) is 13.5. The summed E-state index contributed by atoms with van der Waals surface area (Å²) < 4.78 is 10.0. The zero-order valence-corrected chi connectivity index (χ0v) is 11.5. The van der Waals surface area contributed by atoms with Gasteiger partial charge in [0.25, 0.3) is 5.91 Å². The molecule has 0 aliphatic carbocycles. The number of nitro benzene ring substituents is 1. The van der Waals surface area contributed by atoms with E-state index in [0.717, 1.165) is 0 Å². The molecule has 20 heavy (non-hydrogen) atoms. The zero-order chi connectivity index (χ0) is 15.0. The molecule has 1 amide bonds. The number of nitro groups is 1. The van der Waals surface area contributed by atoms with Crippen LogP contribution in [0.3, 0.4) is 0 Å². The van der Waals surface area contributed by atoms with E-state index in [-0.39, 0.29) is 22.9 Å². The second kappa shape index (κ2) is 8.11. The van der Waals surface area contributed by atoms with Crippen molar-refractivity contribution in [3.63, 3.8) is 0 Å². The molecule has 0 heterocycles. The Balaban J connectivity index is 2.64. The molecule has 0 aromatic heterocycles. The number of nitrogens with one attached hydrogen (secondary N) is 1. The topological polar surface area (TPSA) is 90.7 Å². The summed E-state index contributed by atoms with van der Waals surface area (Å²) in [5.41, 5.74) is 0.00313. The number of benzene rings is 1. The highest BCUT2D eigenvalue weighted by Crippen LogP contribution is 2.27. The van der Waals surface area contributed by atoms with Crippen molar-refractivity contribution < 1.29 is 19.2 Å². The fourth-order valence-corrected chi connectivity index (χ4v) is 1.60. The van der Waals surface area contributed by atoms with Crippen LogP contribution in [0.2, 0.25) is 0 Å². The number of hydrogen-bond acceptors (Lipinski definition) is 5. The van der Waals surface area contributed by atoms with E-state index in [1.165, 1.54) is 25.3 Å². The van der Waals surface area contributed by atoms with Crippen molar-refractivity contribution in [3.05, 3.63) is 33.9 Å². The van der Waals surface area contributed by atoms with Crippen LogP contribution < -0.4 is 10.1 Å². The third-order valence-electron chi connectivity index (χ3n) is 2.59. The number of hydrogen-bond donors (Lipinski definition) is 1. The molecule has 7 nitrogen and oxygen atoms in total. The molecule has 0 atom stereocenters. The molecule has 1 rings (SSSR count). The summed E-state index contributed by atoms with van der Waals surface area (Å²) in [7, 11) is 1.34. The van der Waals surface area contributed by atoms with Gasteiger partial charge in [0.1, 0.15) is 0 Å². The molecule has 7 heteroatoms. The van der Waals surface area contributed by atoms with Crippen LogP contribution in [0.25, 0.3) is 0 Å². The summed E-state index contributed by atoms with van der Waals surface area (Å²) in [4.78, 5) is 22.1. The molecule has 0 bridgehead atoms. The Morgan fingerprint density at radius 3 is 2.80 bits per heavy atom. The van der Waals surface area contributed by atoms with Gasteiger partial charge >= 0.3 is 5.69 Å². The predicted octanol–water partition coefficient (Wildman–Crippen LogP) is 1.76. The Morgan fingerprint density at radius 2 is 2.20 bits per heavy atom. The molecule has 0 saturated carbocycles. The van der Waals surface area contributed by atoms with Crippen molar-refractivity contribution in [2.75, 3.05) is 26.9 Å². The number of nitrogens with zero attached hydrogens (tertiary/aromatic N) is 1. The fraction of sp³-hybridized carbons (Fsp3) is 0.462. The van der Waals surface area contributed by atoms with E-state index in [2.05, 4.69) is 5.32 Å². The Kier molecular flexibility index (Phi) is 6.45. The van der Waals surface area contributed by atoms with E-state index in [9.17, 15) is 14.9 Å². The Bertz CT molecular complexity index is 476. The Morgan fingerprint density at radius 1 is 1.45 bits per heavy atom. The minimum Gasteiger partial charge on any atom is -0.490 e. The molecule has 110 valence electrons. The fourth-order valence-electron chi connectivity index (χ4n) is 1.60. The third-order valence-corrected chi connectivity index (χ3v) is 2.59. The molecular weight excluding hydrogens is 264 g/mol. The number of methoxy groups -OCH3 is 1. The van der Waals surface area contributed by atoms with Gasteiger partial charge in [-0.05, 0) is 25.5 Å². The van der Waals surface area contributed by atoms with Gasteiger partial charge in [0.2, 0.25) is 0 Å². The molecule has 0 spiro atoms. The van der Waals surface area contributed by atoms with Crippen LogP contribution in [0.1, 0.15) is 23.7 Å². The van der Waals surface area contributed by atoms with Crippen molar-refractivity contribution in [2.45, 2.75) is 13.3 Å². The molecular formula is C13H18N2O5. The monoisotopic (exact) mass is 282 g/mol. The average Bonchev–Trinajstić information content (AvgIpc) is 2.46. The molecule has 1 aromatic rings. The van der Waals surface area contributed by atoms with Crippen molar-refractivity contribution in [3.8, 4) is 5.75 Å². The van der Waals surface area contributed by atoms with E-state index in [1.807, 2.05) is 6.92 Å². The van der Waals surface area contributed by atoms with Crippen molar-refractivity contribution in [1.29, 1.82) is 0 Å². The van der Waals surface area contributed by atoms with Gasteiger partial charge in [0.15, 0.2) is 5.75 Å². The van der Waals surface area contributed by atoms with Gasteiger partial charge in [-0.1, -0.05) is 0 Å². The first-order valence-electron chi connectivity index (χ1n) is 6.28. The molecule has 0 saturated heterocycles. The number of amides is 1. The summed E-state index contributed by atoms with van der Waals surface area (Å²) in [6.45, 7) is 3.56. The molecule has 0 aliphatic rings. The van der Waals surface area contributed by atoms with Crippen LogP contribution in [0.5, 0.6) is 5.75 Å². The van der Waals surface area contributed by atoms with Crippen LogP contribution in [-0.2, 0) is 4.74 Å². The van der Waals surface area contributed by atoms with E-state index in [1.54, 1.807) is 0 Å². The third kappa shape index (κ3) is 4.51. The first-order valence-corrected chi connectivity index (χ1v) is 6.28. The molecule has 0 unspecified atom stereocenters. The summed E-state index contributed by atoms with van der Waals surface area (Å²) >= 11 is 0. The lowest BCUT2D eigenvalue weighted by Gasteiger charge is -2.07. The molecule has 0 radical (unpaired) electrons. The predicted molar refractivity (Wildman–Crippen MR) is 73.1 cm³/mol. The number of rotatable bonds is 8. The van der Waals surface area contributed by atoms with Crippen LogP contribution in [0.4, 0.5) is 5.69 Å². The second-order valence-electron chi connectivity index (χ2n) is 3.95. The second-order valence-corrected chi connectivity index (χ2v) is 3.95. The lowest BCUT2D eigenvalue weighted by molar-refractivity contribution is -0.385. The highest BCUT2D eigenvalue weighted by molar-refractivity contribution is 5.95. The normalized spacial score (nSPS) is 10.1. The van der Waals surface area contributed by atoms with Crippen LogP contribution in [-0.4, -0.2) is 37.7 Å². The van der Waals surface area contributed by atoms with Crippen molar-refractivity contribution in [1.82, 2.24) is 5.32 Å². The maximum atomic E-state index is 11.8. The van der Waals surface area contributed by atoms with Gasteiger partial charge < -0.3 is 14.8 Å². The minimum absolute atomic E-state index is 0.128. The maximum Gasteiger partial charge on any atom is 0.311 e. The Labute approximate surface area is 117 Å². The van der Waals surface area contributed by atoms with E-state index >= 15 is 0 Å². The zero-order valence-electron chi connectivity index (χ0n) is 11.5. The minimum atomic E-state index is -0.579. The lowest BCUT2D eigenvalue weighted by atomic mass is 10.1. The molecule has 1 N–H and O–H groups in total. The van der Waals surface area contributed by atoms with Gasteiger partial charge in [-0.25, -0.2) is 0 Å². The Hall–Kier alpha value is -2.15. The smallest absolute Gasteiger partial charge is 0.311 e. The largest absolute Gasteiger partial charge is 0.490 e. The first-order chi connectivity index (χ1) is 9.60. The van der Waals surface area contributed by atoms with Crippen molar-refractivity contribution in [2.24, 2.45) is 0 Å². The molecule has 0 fully saturated rings. The maximum absolute atomic E-state index is 11.8. The van der Waals surface area contributed by atoms with Crippen LogP contribution in [0.15, 0.2) is 18.2 Å². The van der Waals surface area contributed by atoms with E-state index in [4.69, 9.17) is 9.47 Å². The molecule has 0 aliphatic heterocycles. The van der Waals surface area contributed by atoms with Crippen molar-refractivity contribution >= 4 is 11.6 Å². The number of carbonyl (C=O) groups excluding carboxylic acids is 1. The highest BCUT2D eigenvalue weighted by atomic mass is 16.6. The van der Waals surface area contributed by atoms with Gasteiger partial charge in [-0.3, -0.25) is 14.9 Å². The standard InChI is InChI=1S/C13H18N2O5/c1-3-20-8-4-7-14-13(16)10-5-6-12(19-2)11(9-10)15(17)18/h5-6,9H,3-4,7-8H2,1-2H3,(H,14,16). The highest BCUT2D eigenvalue weighted by Gasteiger charge is 2.17. The van der Waals surface area contributed by atoms with E-state index < -0.39 is 4.92 Å². The van der Waals surface area contributed by atoms with E-state index in [0.29, 0.717) is 26.2 Å². The van der Waals surface area contributed by atoms with Crippen LogP contribution >= 0.6 is 0 Å². The average molecular weight is 282 g/mol. The van der Waals surface area contributed by atoms with Gasteiger partial charge in [-0.15, -0.1) is 0 Å². The number of carbonyl (C=O) groups is 1. The summed E-state index contributed by atoms with van der Waals surface area (Å²) in [6.07, 6.45) is 0.692. The number of ether oxygens (including phenoxy) is 2. The molecule has 1 aromatic carbocycles. The lowest BCUT2D eigenvalue weighted by Crippen LogP contribution is -2.25. The van der Waals surface area contributed by atoms with Crippen LogP contribution in [0, 0.1) is 10.1 Å². The van der Waals surface area contributed by atoms with Gasteiger partial charge in [-0.2, -0.15) is 0 Å². The summed E-state index contributed by atoms with van der Waals surface area (Å²) in [6, 6.07) is 4.10.